The van der Waals surface area contributed by atoms with Gasteiger partial charge >= 0.3 is 0 Å². The molecule has 0 aliphatic rings. The van der Waals surface area contributed by atoms with Crippen molar-refractivity contribution in [1.82, 2.24) is 0 Å². The molecule has 0 saturated heterocycles. The van der Waals surface area contributed by atoms with Crippen molar-refractivity contribution >= 4 is 0 Å². The Morgan fingerprint density at radius 3 is 2.42 bits per heavy atom. The van der Waals surface area contributed by atoms with Crippen molar-refractivity contribution in [2.24, 2.45) is 0 Å². The molecule has 0 atom stereocenters. The number of hydrogen-bond acceptors (Lipinski definition) is 1. The molecule has 0 unspecified atom stereocenters. The Morgan fingerprint density at radius 2 is 1.92 bits per heavy atom. The molecule has 0 bridgehead atoms. The molecule has 0 N–H and O–H groups in total. The highest BCUT2D eigenvalue weighted by Crippen LogP contribution is 2.12. The van der Waals surface area contributed by atoms with Crippen LogP contribution in [0.2, 0.25) is 0 Å². The summed E-state index contributed by atoms with van der Waals surface area (Å²) < 4.78 is 5.32. The molecule has 0 amide bonds. The van der Waals surface area contributed by atoms with Crippen LogP contribution in [0.5, 0.6) is 5.75 Å². The summed E-state index contributed by atoms with van der Waals surface area (Å²) in [6, 6.07) is 8.20. The minimum Gasteiger partial charge on any atom is -0.494 e. The molecule has 12 heavy (non-hydrogen) atoms. The Morgan fingerprint density at radius 1 is 1.25 bits per heavy atom. The Bertz CT molecular complexity index is 188. The molecule has 65 valence electrons. The van der Waals surface area contributed by atoms with Gasteiger partial charge in [0.05, 0.1) is 6.61 Å². The molecule has 1 aromatic carbocycles. The lowest BCUT2D eigenvalue weighted by atomic mass is 10.1. The molecule has 0 aliphatic carbocycles. The van der Waals surface area contributed by atoms with E-state index in [2.05, 4.69) is 19.1 Å². The minimum atomic E-state index is 0.731. The second-order valence-corrected chi connectivity index (χ2v) is 2.68. The van der Waals surface area contributed by atoms with Crippen LogP contribution in [0.3, 0.4) is 0 Å². The van der Waals surface area contributed by atoms with Gasteiger partial charge in [0.25, 0.3) is 0 Å². The maximum absolute atomic E-state index is 5.32. The predicted octanol–water partition coefficient (Wildman–Crippen LogP) is 2.85. The van der Waals surface area contributed by atoms with E-state index in [1.54, 1.807) is 0 Å². The second-order valence-electron chi connectivity index (χ2n) is 2.68. The zero-order valence-electron chi connectivity index (χ0n) is 7.55. The van der Waals surface area contributed by atoms with Crippen LogP contribution in [0.4, 0.5) is 0 Å². The van der Waals surface area contributed by atoms with Crippen LogP contribution in [0, 0.1) is 6.92 Å². The van der Waals surface area contributed by atoms with Gasteiger partial charge in [-0.1, -0.05) is 19.1 Å². The minimum absolute atomic E-state index is 0.731. The zero-order valence-corrected chi connectivity index (χ0v) is 7.55. The monoisotopic (exact) mass is 163 g/mol. The molecule has 0 aromatic heterocycles. The summed E-state index contributed by atoms with van der Waals surface area (Å²) in [7, 11) is 0. The van der Waals surface area contributed by atoms with Gasteiger partial charge in [-0.25, -0.2) is 0 Å². The first-order valence-corrected chi connectivity index (χ1v) is 4.37. The summed E-state index contributed by atoms with van der Waals surface area (Å²) >= 11 is 0. The largest absolute Gasteiger partial charge is 0.494 e. The zero-order chi connectivity index (χ0) is 8.81. The molecule has 0 fully saturated rings. The number of ether oxygens (including phenoxy) is 1. The van der Waals surface area contributed by atoms with E-state index in [4.69, 9.17) is 4.74 Å². The van der Waals surface area contributed by atoms with E-state index in [9.17, 15) is 0 Å². The maximum Gasteiger partial charge on any atom is 0.119 e. The lowest BCUT2D eigenvalue weighted by Crippen LogP contribution is -1.91. The van der Waals surface area contributed by atoms with E-state index in [1.165, 1.54) is 5.56 Å². The standard InChI is InChI=1S/C11H15O/c1-3-5-10-6-8-11(9-7-10)12-4-2/h6-9H,1,3-5H2,2H3. The van der Waals surface area contributed by atoms with Crippen molar-refractivity contribution in [3.05, 3.63) is 36.8 Å². The van der Waals surface area contributed by atoms with Crippen molar-refractivity contribution in [2.75, 3.05) is 6.61 Å². The lowest BCUT2D eigenvalue weighted by Gasteiger charge is -2.03. The molecule has 1 rings (SSSR count). The van der Waals surface area contributed by atoms with Crippen LogP contribution in [-0.4, -0.2) is 6.61 Å². The molecule has 1 aromatic rings. The SMILES string of the molecule is [CH2]CCc1ccc(OCC)cc1. The van der Waals surface area contributed by atoms with Gasteiger partial charge in [0.2, 0.25) is 0 Å². The first-order chi connectivity index (χ1) is 5.86. The summed E-state index contributed by atoms with van der Waals surface area (Å²) in [6.45, 7) is 6.53. The van der Waals surface area contributed by atoms with Crippen LogP contribution < -0.4 is 4.74 Å². The van der Waals surface area contributed by atoms with Gasteiger partial charge in [-0.3, -0.25) is 0 Å². The normalized spacial score (nSPS) is 9.83. The van der Waals surface area contributed by atoms with E-state index in [1.807, 2.05) is 19.1 Å². The van der Waals surface area contributed by atoms with Crippen LogP contribution in [0.15, 0.2) is 24.3 Å². The van der Waals surface area contributed by atoms with Crippen LogP contribution in [0.1, 0.15) is 18.9 Å². The van der Waals surface area contributed by atoms with E-state index in [-0.39, 0.29) is 0 Å². The smallest absolute Gasteiger partial charge is 0.119 e. The molecule has 0 saturated carbocycles. The summed E-state index contributed by atoms with van der Waals surface area (Å²) in [6.07, 6.45) is 2.00. The third kappa shape index (κ3) is 2.57. The van der Waals surface area contributed by atoms with Gasteiger partial charge < -0.3 is 4.74 Å². The van der Waals surface area contributed by atoms with Gasteiger partial charge in [0.15, 0.2) is 0 Å². The summed E-state index contributed by atoms with van der Waals surface area (Å²) in [4.78, 5) is 0. The molecule has 0 spiro atoms. The highest BCUT2D eigenvalue weighted by Gasteiger charge is 1.92. The second kappa shape index (κ2) is 4.81. The quantitative estimate of drug-likeness (QED) is 0.663. The number of rotatable bonds is 4. The molecular formula is C11H15O. The number of benzene rings is 1. The van der Waals surface area contributed by atoms with Gasteiger partial charge in [0, 0.05) is 0 Å². The number of hydrogen-bond donors (Lipinski definition) is 0. The third-order valence-electron chi connectivity index (χ3n) is 1.70. The third-order valence-corrected chi connectivity index (χ3v) is 1.70. The number of aryl methyl sites for hydroxylation is 1. The Balaban J connectivity index is 2.58. The Kier molecular flexibility index (Phi) is 3.65. The molecule has 0 aliphatic heterocycles. The van der Waals surface area contributed by atoms with Crippen LogP contribution >= 0.6 is 0 Å². The van der Waals surface area contributed by atoms with Crippen molar-refractivity contribution in [1.29, 1.82) is 0 Å². The lowest BCUT2D eigenvalue weighted by molar-refractivity contribution is 0.340. The average molecular weight is 163 g/mol. The fourth-order valence-corrected chi connectivity index (χ4v) is 1.12. The van der Waals surface area contributed by atoms with Gasteiger partial charge in [-0.2, -0.15) is 0 Å². The van der Waals surface area contributed by atoms with E-state index >= 15 is 0 Å². The molecule has 1 heteroatoms. The van der Waals surface area contributed by atoms with Crippen LogP contribution in [-0.2, 0) is 6.42 Å². The van der Waals surface area contributed by atoms with Gasteiger partial charge in [-0.05, 0) is 37.5 Å². The van der Waals surface area contributed by atoms with Gasteiger partial charge in [-0.15, -0.1) is 0 Å². The van der Waals surface area contributed by atoms with Crippen molar-refractivity contribution in [3.63, 3.8) is 0 Å². The first-order valence-electron chi connectivity index (χ1n) is 4.37. The van der Waals surface area contributed by atoms with Crippen molar-refractivity contribution < 1.29 is 4.74 Å². The van der Waals surface area contributed by atoms with Crippen LogP contribution in [0.25, 0.3) is 0 Å². The topological polar surface area (TPSA) is 9.23 Å². The molecular weight excluding hydrogens is 148 g/mol. The summed E-state index contributed by atoms with van der Waals surface area (Å²) in [5, 5.41) is 0. The molecule has 1 nitrogen and oxygen atoms in total. The van der Waals surface area contributed by atoms with E-state index < -0.39 is 0 Å². The molecule has 0 heterocycles. The summed E-state index contributed by atoms with van der Waals surface area (Å²) in [5.41, 5.74) is 1.33. The fraction of sp³-hybridized carbons (Fsp3) is 0.364. The Labute approximate surface area is 74.4 Å². The predicted molar refractivity (Wildman–Crippen MR) is 51.3 cm³/mol. The highest BCUT2D eigenvalue weighted by atomic mass is 16.5. The first kappa shape index (κ1) is 9.11. The molecule has 1 radical (unpaired) electrons. The van der Waals surface area contributed by atoms with E-state index in [0.29, 0.717) is 0 Å². The highest BCUT2D eigenvalue weighted by molar-refractivity contribution is 5.27. The van der Waals surface area contributed by atoms with Crippen molar-refractivity contribution in [3.8, 4) is 5.75 Å². The van der Waals surface area contributed by atoms with Gasteiger partial charge in [0.1, 0.15) is 5.75 Å². The fourth-order valence-electron chi connectivity index (χ4n) is 1.12. The Hall–Kier alpha value is -0.980. The average Bonchev–Trinajstić information content (AvgIpc) is 2.09. The van der Waals surface area contributed by atoms with Crippen molar-refractivity contribution in [2.45, 2.75) is 19.8 Å². The maximum atomic E-state index is 5.32. The summed E-state index contributed by atoms with van der Waals surface area (Å²) in [5.74, 6) is 0.949. The van der Waals surface area contributed by atoms with E-state index in [0.717, 1.165) is 25.2 Å².